The molecule has 36 atom stereocenters. The average Bonchev–Trinajstić information content (AvgIpc) is 0.777. The molecule has 0 saturated carbocycles. The van der Waals surface area contributed by atoms with Crippen LogP contribution in [-0.2, 0) is 85.6 Å². The molecule has 0 aromatic carbocycles. The van der Waals surface area contributed by atoms with E-state index in [0.717, 1.165) is 27.7 Å². The number of aliphatic hydroxyl groups is 20. The molecule has 25 N–H and O–H groups in total. The number of amides is 4. The molecule has 554 valence electrons. The molecule has 96 heavy (non-hydrogen) atoms. The fourth-order valence-electron chi connectivity index (χ4n) is 12.2. The number of aliphatic hydroxyl groups excluding tert-OH is 20. The number of ether oxygens (including phenoxy) is 13. The summed E-state index contributed by atoms with van der Waals surface area (Å²) in [4.78, 5) is 62.3. The van der Waals surface area contributed by atoms with E-state index in [1.165, 1.54) is 0 Å². The molecule has 43 heteroatoms. The van der Waals surface area contributed by atoms with E-state index in [1.807, 2.05) is 0 Å². The largest absolute Gasteiger partial charge is 0.477 e. The van der Waals surface area contributed by atoms with E-state index in [2.05, 4.69) is 21.3 Å². The van der Waals surface area contributed by atoms with Crippen molar-refractivity contribution in [2.24, 2.45) is 0 Å². The van der Waals surface area contributed by atoms with Gasteiger partial charge in [0.2, 0.25) is 23.6 Å². The van der Waals surface area contributed by atoms with Gasteiger partial charge in [0.1, 0.15) is 165 Å². The molecule has 0 aromatic heterocycles. The molecule has 7 fully saturated rings. The van der Waals surface area contributed by atoms with Gasteiger partial charge in [-0.3, -0.25) is 19.2 Å². The molecule has 7 rings (SSSR count). The Kier molecular flexibility index (Phi) is 28.2. The van der Waals surface area contributed by atoms with Crippen molar-refractivity contribution in [1.82, 2.24) is 21.3 Å². The minimum absolute atomic E-state index is 0.736. The van der Waals surface area contributed by atoms with Crippen molar-refractivity contribution in [3.8, 4) is 0 Å². The van der Waals surface area contributed by atoms with Gasteiger partial charge < -0.3 is 190 Å². The van der Waals surface area contributed by atoms with E-state index in [1.54, 1.807) is 0 Å². The van der Waals surface area contributed by atoms with E-state index in [-0.39, 0.29) is 0 Å². The van der Waals surface area contributed by atoms with Crippen LogP contribution in [0.25, 0.3) is 0 Å². The number of carbonyl (C=O) groups excluding carboxylic acids is 4. The fraction of sp³-hybridized carbons (Fsp3) is 0.906. The summed E-state index contributed by atoms with van der Waals surface area (Å²) >= 11 is 0. The summed E-state index contributed by atoms with van der Waals surface area (Å²) in [5, 5.41) is 239. The van der Waals surface area contributed by atoms with Crippen LogP contribution in [0.3, 0.4) is 0 Å². The monoisotopic (exact) mass is 1400 g/mol. The van der Waals surface area contributed by atoms with Crippen LogP contribution < -0.4 is 21.3 Å². The summed E-state index contributed by atoms with van der Waals surface area (Å²) in [6.45, 7) is -3.72. The third-order valence-electron chi connectivity index (χ3n) is 17.1. The second-order valence-corrected chi connectivity index (χ2v) is 24.0. The lowest BCUT2D eigenvalue weighted by molar-refractivity contribution is -0.395. The highest BCUT2D eigenvalue weighted by atomic mass is 16.8. The summed E-state index contributed by atoms with van der Waals surface area (Å²) in [5.41, 5.74) is 0. The molecule has 0 spiro atoms. The van der Waals surface area contributed by atoms with Crippen LogP contribution in [0, 0.1) is 0 Å². The van der Waals surface area contributed by atoms with E-state index < -0.39 is 303 Å². The van der Waals surface area contributed by atoms with E-state index in [4.69, 9.17) is 61.6 Å². The lowest BCUT2D eigenvalue weighted by atomic mass is 9.88. The van der Waals surface area contributed by atoms with Crippen LogP contribution in [0.5, 0.6) is 0 Å². The molecule has 0 aromatic rings. The Morgan fingerprint density at radius 1 is 0.417 bits per heavy atom. The maximum Gasteiger partial charge on any atom is 0.364 e. The van der Waals surface area contributed by atoms with Gasteiger partial charge in [-0.25, -0.2) is 4.79 Å². The van der Waals surface area contributed by atoms with Crippen molar-refractivity contribution in [3.05, 3.63) is 0 Å². The molecule has 0 aliphatic carbocycles. The minimum atomic E-state index is -3.03. The van der Waals surface area contributed by atoms with Crippen LogP contribution in [0.1, 0.15) is 34.1 Å². The summed E-state index contributed by atoms with van der Waals surface area (Å²) in [7, 11) is 0. The number of carbonyl (C=O) groups is 5. The van der Waals surface area contributed by atoms with Crippen molar-refractivity contribution in [3.63, 3.8) is 0 Å². The Morgan fingerprint density at radius 2 is 0.802 bits per heavy atom. The number of hydrogen-bond acceptors (Lipinski definition) is 38. The average molecular weight is 1410 g/mol. The van der Waals surface area contributed by atoms with Crippen LogP contribution in [0.15, 0.2) is 0 Å². The van der Waals surface area contributed by atoms with Crippen molar-refractivity contribution in [1.29, 1.82) is 0 Å². The molecular formula is C53H88N4O39. The smallest absolute Gasteiger partial charge is 0.364 e. The maximum atomic E-state index is 12.9. The number of carboxylic acid groups (broad SMARTS) is 1. The van der Waals surface area contributed by atoms with Gasteiger partial charge in [-0.15, -0.1) is 0 Å². The lowest BCUT2D eigenvalue weighted by Crippen LogP contribution is -2.71. The summed E-state index contributed by atoms with van der Waals surface area (Å²) in [5.74, 6) is -8.40. The van der Waals surface area contributed by atoms with Crippen molar-refractivity contribution >= 4 is 29.6 Å². The number of hydrogen-bond donors (Lipinski definition) is 25. The second kappa shape index (κ2) is 34.1. The standard InChI is InChI=1S/C53H88N4O39/c1-13(64)54-25-17(68)5-53(52(82)83,96-43(25)29(70)18(69)6-58)84-12-24-31(72)36(77)38(79)49(90-24)92-41-22(10-62)89-48(28(35(41)76)57-16(4)67)95-45-37(78)30(71)19(7-59)87-51(45)94-44-32(73)20(8-60)86-50(39(44)80)93-42-23(11-63)88-47(27(34(42)75)56-15(3)66)91-40-21(9-61)85-46(81)26(33(40)74)55-14(2)65/h17-51,58-63,68-81H,5-12H2,1-4H3,(H,54,64)(H,55,65)(H,56,66)(H,57,67)(H,82,83)/t17-,18+,19+,20+,21+,22+,23+,24+,25+,26+,27+,28+,29+,30+,31-,32+,33+,34+,35+,36-,37-,38+,39-,40+,41+,42+,43+,44-,45-,46?,47-,48-,49-,50-,51+,53+/m0/s1. The van der Waals surface area contributed by atoms with Crippen molar-refractivity contribution < 1.29 is 193 Å². The second-order valence-electron chi connectivity index (χ2n) is 24.0. The molecule has 0 radical (unpaired) electrons. The van der Waals surface area contributed by atoms with Crippen LogP contribution in [0.4, 0.5) is 0 Å². The summed E-state index contributed by atoms with van der Waals surface area (Å²) < 4.78 is 75.4. The zero-order valence-corrected chi connectivity index (χ0v) is 51.6. The zero-order chi connectivity index (χ0) is 71.3. The van der Waals surface area contributed by atoms with Gasteiger partial charge in [0.05, 0.1) is 58.4 Å². The summed E-state index contributed by atoms with van der Waals surface area (Å²) in [6.07, 6.45) is -64.7. The summed E-state index contributed by atoms with van der Waals surface area (Å²) in [6, 6.07) is -6.93. The third-order valence-corrected chi connectivity index (χ3v) is 17.1. The Bertz CT molecular complexity index is 2540. The molecule has 1 unspecified atom stereocenters. The van der Waals surface area contributed by atoms with Gasteiger partial charge in [-0.1, -0.05) is 0 Å². The first kappa shape index (κ1) is 79.4. The molecule has 7 saturated heterocycles. The molecule has 4 amide bonds. The highest BCUT2D eigenvalue weighted by Gasteiger charge is 2.61. The van der Waals surface area contributed by atoms with Gasteiger partial charge in [0.25, 0.3) is 5.79 Å². The SMILES string of the molecule is CC(=O)N[C@H]1[C@H](O[C@H]2[C@H](O)[C@@H](NC(C)=O)C(O)O[C@@H]2CO)O[C@H](CO)[C@@H](O[C@@H]2O[C@H](CO)[C@@H](O)[C@H](O[C@H]3O[C@H](CO)[C@@H](O)[C@H](O)[C@@H]3O[C@@H]3O[C@H](CO)[C@@H](O[C@@H]4O[C@H](CO[C@]5(C(=O)O)C[C@H](O)[C@@H](NC(C)=O)[C@H]([C@H](O)[C@H](O)CO)O5)[C@H](O)[C@H](O)[C@H]4O)[C@H](O)[C@H]3NC(C)=O)[C@@H]2O)[C@@H]1O. The van der Waals surface area contributed by atoms with E-state index >= 15 is 0 Å². The Balaban J connectivity index is 1.10. The highest BCUT2D eigenvalue weighted by molar-refractivity contribution is 5.77. The van der Waals surface area contributed by atoms with Gasteiger partial charge in [0, 0.05) is 34.1 Å². The first-order chi connectivity index (χ1) is 45.2. The number of nitrogens with one attached hydrogen (secondary N) is 4. The topological polar surface area (TPSA) is 678 Å². The quantitative estimate of drug-likeness (QED) is 0.0382. The first-order valence-corrected chi connectivity index (χ1v) is 30.2. The van der Waals surface area contributed by atoms with Gasteiger partial charge >= 0.3 is 5.97 Å². The number of aliphatic carboxylic acids is 1. The van der Waals surface area contributed by atoms with Gasteiger partial charge in [0.15, 0.2) is 37.7 Å². The maximum absolute atomic E-state index is 12.9. The Hall–Kier alpha value is -3.97. The van der Waals surface area contributed by atoms with Crippen LogP contribution in [0.2, 0.25) is 0 Å². The first-order valence-electron chi connectivity index (χ1n) is 30.2. The Labute approximate surface area is 543 Å². The van der Waals surface area contributed by atoms with Gasteiger partial charge in [-0.05, 0) is 0 Å². The lowest BCUT2D eigenvalue weighted by Gasteiger charge is -2.51. The predicted octanol–water partition coefficient (Wildman–Crippen LogP) is -16.5. The molecule has 7 aliphatic rings. The third kappa shape index (κ3) is 17.5. The molecular weight excluding hydrogens is 1320 g/mol. The fourth-order valence-corrected chi connectivity index (χ4v) is 12.2. The normalized spacial score (nSPS) is 46.0. The molecule has 0 bridgehead atoms. The number of rotatable bonds is 26. The molecule has 7 heterocycles. The number of carboxylic acids is 1. The van der Waals surface area contributed by atoms with E-state index in [9.17, 15) is 131 Å². The molecule has 7 aliphatic heterocycles. The van der Waals surface area contributed by atoms with Crippen molar-refractivity contribution in [2.45, 2.75) is 254 Å². The van der Waals surface area contributed by atoms with Crippen molar-refractivity contribution in [2.75, 3.05) is 46.2 Å². The highest BCUT2D eigenvalue weighted by Crippen LogP contribution is 2.39. The van der Waals surface area contributed by atoms with E-state index in [0.29, 0.717) is 0 Å². The minimum Gasteiger partial charge on any atom is -0.477 e. The zero-order valence-electron chi connectivity index (χ0n) is 51.6. The molecule has 43 nitrogen and oxygen atoms in total. The predicted molar refractivity (Wildman–Crippen MR) is 295 cm³/mol. The van der Waals surface area contributed by atoms with Crippen LogP contribution >= 0.6 is 0 Å². The van der Waals surface area contributed by atoms with Gasteiger partial charge in [-0.2, -0.15) is 0 Å². The van der Waals surface area contributed by atoms with Crippen LogP contribution in [-0.4, -0.2) is 403 Å². The Morgan fingerprint density at radius 3 is 1.28 bits per heavy atom.